The van der Waals surface area contributed by atoms with Gasteiger partial charge in [0.05, 0.1) is 39.1 Å². The first-order valence-electron chi connectivity index (χ1n) is 23.5. The number of rotatable bonds is 14. The van der Waals surface area contributed by atoms with Gasteiger partial charge in [-0.05, 0) is 98.3 Å². The number of methoxy groups -OCH3 is 2. The van der Waals surface area contributed by atoms with Crippen LogP contribution in [0.1, 0.15) is 110 Å². The summed E-state index contributed by atoms with van der Waals surface area (Å²) in [4.78, 5) is 52.5. The number of aliphatic hydroxyl groups is 4. The summed E-state index contributed by atoms with van der Waals surface area (Å²) in [6.07, 6.45) is -6.34. The van der Waals surface area contributed by atoms with E-state index in [0.717, 1.165) is 19.3 Å². The highest BCUT2D eigenvalue weighted by Gasteiger charge is 2.70. The second-order valence-electron chi connectivity index (χ2n) is 20.3. The summed E-state index contributed by atoms with van der Waals surface area (Å²) < 4.78 is 52.1. The van der Waals surface area contributed by atoms with Gasteiger partial charge in [-0.3, -0.25) is 9.59 Å². The van der Waals surface area contributed by atoms with E-state index in [1.807, 2.05) is 13.8 Å². The molecule has 9 unspecified atom stereocenters. The normalized spacial score (nSPS) is 40.1. The fraction of sp³-hybridized carbons (Fsp3) is 0.755. The zero-order chi connectivity index (χ0) is 47.9. The highest BCUT2D eigenvalue weighted by molar-refractivity contribution is 5.89. The zero-order valence-electron chi connectivity index (χ0n) is 39.4. The van der Waals surface area contributed by atoms with Crippen LogP contribution >= 0.6 is 0 Å². The molecule has 1 aromatic carbocycles. The van der Waals surface area contributed by atoms with Gasteiger partial charge in [0.15, 0.2) is 24.8 Å². The van der Waals surface area contributed by atoms with Gasteiger partial charge in [0.1, 0.15) is 47.7 Å². The molecule has 66 heavy (non-hydrogen) atoms. The van der Waals surface area contributed by atoms with Crippen molar-refractivity contribution in [1.82, 2.24) is 0 Å². The molecule has 2 saturated heterocycles. The molecule has 0 bridgehead atoms. The number of esters is 2. The van der Waals surface area contributed by atoms with Crippen molar-refractivity contribution in [2.75, 3.05) is 27.4 Å². The van der Waals surface area contributed by atoms with Gasteiger partial charge < -0.3 is 63.1 Å². The summed E-state index contributed by atoms with van der Waals surface area (Å²) in [5, 5.41) is 46.7. The maximum atomic E-state index is 14.2. The number of allylic oxidation sites excluding steroid dienone is 1. The van der Waals surface area contributed by atoms with Gasteiger partial charge in [0, 0.05) is 31.1 Å². The number of ketones is 1. The molecule has 17 heteroatoms. The van der Waals surface area contributed by atoms with Gasteiger partial charge in [-0.1, -0.05) is 46.3 Å². The summed E-state index contributed by atoms with van der Waals surface area (Å²) >= 11 is 0. The van der Waals surface area contributed by atoms with E-state index in [0.29, 0.717) is 37.9 Å². The summed E-state index contributed by atoms with van der Waals surface area (Å²) in [7, 11) is 2.78. The average Bonchev–Trinajstić information content (AvgIpc) is 3.52. The fourth-order valence-electron chi connectivity index (χ4n) is 12.4. The molecule has 4 aliphatic carbocycles. The van der Waals surface area contributed by atoms with E-state index in [-0.39, 0.29) is 59.6 Å². The maximum absolute atomic E-state index is 14.2. The molecular formula is C49H70O17. The van der Waals surface area contributed by atoms with Crippen LogP contribution < -0.4 is 4.74 Å². The Morgan fingerprint density at radius 1 is 0.833 bits per heavy atom. The number of benzene rings is 1. The van der Waals surface area contributed by atoms with Gasteiger partial charge in [-0.2, -0.15) is 0 Å². The van der Waals surface area contributed by atoms with Crippen LogP contribution in [0.4, 0.5) is 4.79 Å². The van der Waals surface area contributed by atoms with E-state index in [9.17, 15) is 39.6 Å². The van der Waals surface area contributed by atoms with Crippen LogP contribution in [-0.2, 0) is 47.5 Å². The zero-order valence-corrected chi connectivity index (χ0v) is 39.4. The number of aliphatic hydroxyl groups excluding tert-OH is 3. The topological polar surface area (TPSA) is 232 Å². The minimum Gasteiger partial charge on any atom is -0.497 e. The molecule has 5 fully saturated rings. The summed E-state index contributed by atoms with van der Waals surface area (Å²) in [5.74, 6) is -1.58. The predicted molar refractivity (Wildman–Crippen MR) is 233 cm³/mol. The van der Waals surface area contributed by atoms with Crippen LogP contribution in [0.3, 0.4) is 0 Å². The number of Topliss-reactive ketones (excluding diaryl/α,β-unsaturated/α-hetero) is 1. The number of carbonyl (C=O) groups is 4. The Morgan fingerprint density at radius 3 is 2.17 bits per heavy atom. The molecule has 3 saturated carbocycles. The lowest BCUT2D eigenvalue weighted by atomic mass is 9.46. The molecule has 2 aliphatic heterocycles. The van der Waals surface area contributed by atoms with Crippen molar-refractivity contribution in [3.63, 3.8) is 0 Å². The third kappa shape index (κ3) is 9.52. The smallest absolute Gasteiger partial charge is 0.497 e. The molecule has 1 aromatic rings. The van der Waals surface area contributed by atoms with E-state index in [4.69, 9.17) is 42.6 Å². The predicted octanol–water partition coefficient (Wildman–Crippen LogP) is 4.81. The standard InChI is InChI=1S/C49H70O17/c1-25(2)9-16-35(51)26(3)49(57)38(22-34-32-15-12-29-21-31(63-46(56)59-8)17-19-47(29,5)33(32)18-20-48(34,49)6)64-45-42(62-27(4)50)40(37(53)24-61-45)66-44-41(39(54)36(52)23-60-44)65-43(55)28-10-13-30(58-7)14-11-28/h10-14,25-26,31-34,36-42,44-45,52-54,57H,9,15-24H2,1-8H3/t26-,31+,32-,33?,34+,36?,37?,38+,39?,40?,41?,42?,44?,45?,47+,48+,49-/m1/s1. The largest absolute Gasteiger partial charge is 0.508 e. The Bertz CT molecular complexity index is 1940. The van der Waals surface area contributed by atoms with E-state index < -0.39 is 96.9 Å². The van der Waals surface area contributed by atoms with Crippen molar-refractivity contribution in [2.45, 2.75) is 166 Å². The Kier molecular flexibility index (Phi) is 15.3. The van der Waals surface area contributed by atoms with Crippen molar-refractivity contribution in [1.29, 1.82) is 0 Å². The molecule has 4 N–H and O–H groups in total. The fourth-order valence-corrected chi connectivity index (χ4v) is 12.4. The first-order valence-corrected chi connectivity index (χ1v) is 23.5. The third-order valence-electron chi connectivity index (χ3n) is 16.2. The van der Waals surface area contributed by atoms with Crippen LogP contribution in [0.2, 0.25) is 0 Å². The van der Waals surface area contributed by atoms with E-state index in [2.05, 4.69) is 19.9 Å². The Balaban J connectivity index is 1.17. The van der Waals surface area contributed by atoms with Crippen LogP contribution in [0, 0.1) is 40.4 Å². The average molecular weight is 931 g/mol. The molecule has 17 nitrogen and oxygen atoms in total. The highest BCUT2D eigenvalue weighted by atomic mass is 16.8. The van der Waals surface area contributed by atoms with Crippen LogP contribution in [0.25, 0.3) is 0 Å². The molecule has 6 aliphatic rings. The highest BCUT2D eigenvalue weighted by Crippen LogP contribution is 2.69. The van der Waals surface area contributed by atoms with E-state index in [1.54, 1.807) is 19.1 Å². The van der Waals surface area contributed by atoms with Crippen LogP contribution in [0.15, 0.2) is 35.9 Å². The minimum atomic E-state index is -1.71. The Morgan fingerprint density at radius 2 is 1.52 bits per heavy atom. The first kappa shape index (κ1) is 50.2. The monoisotopic (exact) mass is 930 g/mol. The van der Waals surface area contributed by atoms with Crippen molar-refractivity contribution < 1.29 is 82.2 Å². The van der Waals surface area contributed by atoms with Crippen LogP contribution in [-0.4, -0.2) is 139 Å². The quantitative estimate of drug-likeness (QED) is 0.111. The second-order valence-corrected chi connectivity index (χ2v) is 20.3. The molecule has 0 aromatic heterocycles. The molecule has 17 atom stereocenters. The molecule has 7 rings (SSSR count). The van der Waals surface area contributed by atoms with Crippen LogP contribution in [0.5, 0.6) is 5.75 Å². The molecule has 0 amide bonds. The lowest BCUT2D eigenvalue weighted by Crippen LogP contribution is -2.64. The summed E-state index contributed by atoms with van der Waals surface area (Å²) in [6.45, 7) is 10.6. The van der Waals surface area contributed by atoms with Crippen molar-refractivity contribution >= 4 is 23.9 Å². The van der Waals surface area contributed by atoms with Gasteiger partial charge in [0.2, 0.25) is 0 Å². The second kappa shape index (κ2) is 20.1. The molecule has 368 valence electrons. The van der Waals surface area contributed by atoms with Crippen molar-refractivity contribution in [3.05, 3.63) is 41.5 Å². The summed E-state index contributed by atoms with van der Waals surface area (Å²) in [5.41, 5.74) is -1.31. The van der Waals surface area contributed by atoms with Gasteiger partial charge in [-0.15, -0.1) is 0 Å². The minimum absolute atomic E-state index is 0.0892. The number of hydrogen-bond acceptors (Lipinski definition) is 17. The number of ether oxygens (including phenoxy) is 9. The molecule has 2 heterocycles. The molecular weight excluding hydrogens is 861 g/mol. The molecule has 0 radical (unpaired) electrons. The Hall–Kier alpha value is -3.68. The van der Waals surface area contributed by atoms with Gasteiger partial charge >= 0.3 is 18.1 Å². The number of hydrogen-bond donors (Lipinski definition) is 4. The van der Waals surface area contributed by atoms with Crippen molar-refractivity contribution in [2.24, 2.45) is 40.4 Å². The molecule has 0 spiro atoms. The lowest BCUT2D eigenvalue weighted by molar-refractivity contribution is -0.345. The third-order valence-corrected chi connectivity index (χ3v) is 16.2. The summed E-state index contributed by atoms with van der Waals surface area (Å²) in [6, 6.07) is 6.02. The SMILES string of the molecule is COC(=O)O[C@H]1CC[C@@]2(C)C(=CC[C@@H]3C2CC[C@@]2(C)[C@H]3C[C@H](OC3OCC(O)C(OC4OCC(O)C(O)C4OC(=O)c4ccc(OC)cc4)C3OC(C)=O)[C@]2(O)[C@H](C)C(=O)CCC(C)C)C1. The van der Waals surface area contributed by atoms with Gasteiger partial charge in [0.25, 0.3) is 0 Å². The maximum Gasteiger partial charge on any atom is 0.508 e. The lowest BCUT2D eigenvalue weighted by Gasteiger charge is -2.59. The Labute approximate surface area is 386 Å². The van der Waals surface area contributed by atoms with Gasteiger partial charge in [-0.25, -0.2) is 9.59 Å². The first-order chi connectivity index (χ1) is 31.2. The van der Waals surface area contributed by atoms with Crippen molar-refractivity contribution in [3.8, 4) is 5.75 Å². The van der Waals surface area contributed by atoms with E-state index in [1.165, 1.54) is 38.8 Å². The number of carbonyl (C=O) groups excluding carboxylic acids is 4. The number of fused-ring (bicyclic) bond motifs is 5. The van der Waals surface area contributed by atoms with E-state index >= 15 is 0 Å².